The molecule has 1 N–H and O–H groups in total. The molecule has 3 nitrogen and oxygen atoms in total. The van der Waals surface area contributed by atoms with Crippen LogP contribution in [0.25, 0.3) is 0 Å². The fraction of sp³-hybridized carbons (Fsp3) is 0.231. The van der Waals surface area contributed by atoms with Crippen LogP contribution in [0, 0.1) is 22.6 Å². The lowest BCUT2D eigenvalue weighted by Gasteiger charge is -2.57. The van der Waals surface area contributed by atoms with Crippen molar-refractivity contribution in [1.29, 1.82) is 5.26 Å². The summed E-state index contributed by atoms with van der Waals surface area (Å²) in [5.74, 6) is -0.604. The number of nitriles is 1. The summed E-state index contributed by atoms with van der Waals surface area (Å²) >= 11 is 7.90. The van der Waals surface area contributed by atoms with Crippen LogP contribution in [-0.2, 0) is 19.9 Å². The van der Waals surface area contributed by atoms with Crippen LogP contribution in [0.3, 0.4) is 0 Å². The van der Waals surface area contributed by atoms with Crippen LogP contribution < -0.4 is 5.32 Å². The van der Waals surface area contributed by atoms with Crippen molar-refractivity contribution < 1.29 is 9.18 Å². The second-order valence-electron chi connectivity index (χ2n) is 8.38. The maximum absolute atomic E-state index is 13.7. The smallest absolute Gasteiger partial charge is 0.242 e. The lowest BCUT2D eigenvalue weighted by molar-refractivity contribution is -0.130. The number of fused-ring (bicyclic) bond motifs is 1. The van der Waals surface area contributed by atoms with E-state index in [0.29, 0.717) is 19.4 Å². The number of carbonyl (C=O) groups excluding carboxylic acids is 1. The zero-order chi connectivity index (χ0) is 22.6. The Labute approximate surface area is 202 Å². The lowest BCUT2D eigenvalue weighted by atomic mass is 9.52. The van der Waals surface area contributed by atoms with Crippen molar-refractivity contribution in [3.8, 4) is 6.07 Å². The van der Waals surface area contributed by atoms with E-state index in [1.165, 1.54) is 12.1 Å². The normalized spacial score (nSPS) is 27.2. The zero-order valence-electron chi connectivity index (χ0n) is 17.0. The summed E-state index contributed by atoms with van der Waals surface area (Å²) in [6.07, 6.45) is 0.855. The van der Waals surface area contributed by atoms with Gasteiger partial charge in [0.15, 0.2) is 5.41 Å². The van der Waals surface area contributed by atoms with Crippen LogP contribution in [-0.4, -0.2) is 12.5 Å². The van der Waals surface area contributed by atoms with E-state index in [1.54, 1.807) is 12.1 Å². The predicted octanol–water partition coefficient (Wildman–Crippen LogP) is 5.69. The average Bonchev–Trinajstić information content (AvgIpc) is 2.82. The zero-order valence-corrected chi connectivity index (χ0v) is 20.2. The molecular formula is C26H19Br2FN2O. The SMILES string of the molecule is N#CC1(C(=O)NCCc2ccc(F)cc2)CC2(Br)c3ccccc3C1(Br)c1ccccc12. The molecule has 0 saturated carbocycles. The molecule has 0 saturated heterocycles. The molecule has 3 aliphatic rings. The molecule has 6 heteroatoms. The third-order valence-corrected chi connectivity index (χ3v) is 9.40. The maximum atomic E-state index is 13.7. The Bertz CT molecular complexity index is 1220. The van der Waals surface area contributed by atoms with Crippen molar-refractivity contribution in [1.82, 2.24) is 5.32 Å². The second-order valence-corrected chi connectivity index (χ2v) is 10.9. The number of halogens is 3. The Morgan fingerprint density at radius 2 is 1.47 bits per heavy atom. The van der Waals surface area contributed by atoms with E-state index in [-0.39, 0.29) is 11.7 Å². The van der Waals surface area contributed by atoms with Gasteiger partial charge in [0.1, 0.15) is 10.1 Å². The molecule has 2 bridgehead atoms. The van der Waals surface area contributed by atoms with Crippen molar-refractivity contribution in [3.05, 3.63) is 106 Å². The Hall–Kier alpha value is -2.49. The monoisotopic (exact) mass is 552 g/mol. The number of alkyl halides is 2. The molecule has 32 heavy (non-hydrogen) atoms. The van der Waals surface area contributed by atoms with Gasteiger partial charge in [-0.05, 0) is 46.4 Å². The molecule has 0 radical (unpaired) electrons. The highest BCUT2D eigenvalue weighted by Gasteiger charge is 2.69. The average molecular weight is 554 g/mol. The van der Waals surface area contributed by atoms with Gasteiger partial charge in [-0.3, -0.25) is 4.79 Å². The Morgan fingerprint density at radius 1 is 0.938 bits per heavy atom. The molecule has 3 aromatic rings. The van der Waals surface area contributed by atoms with Crippen LogP contribution in [0.2, 0.25) is 0 Å². The van der Waals surface area contributed by atoms with Crippen LogP contribution in [0.15, 0.2) is 72.8 Å². The number of hydrogen-bond donors (Lipinski definition) is 1. The van der Waals surface area contributed by atoms with Gasteiger partial charge in [-0.25, -0.2) is 4.39 Å². The van der Waals surface area contributed by atoms with E-state index in [9.17, 15) is 14.4 Å². The molecular weight excluding hydrogens is 535 g/mol. The molecule has 0 fully saturated rings. The quantitative estimate of drug-likeness (QED) is 0.422. The summed E-state index contributed by atoms with van der Waals surface area (Å²) in [6, 6.07) is 24.6. The largest absolute Gasteiger partial charge is 0.354 e. The molecule has 3 aromatic carbocycles. The van der Waals surface area contributed by atoms with Gasteiger partial charge in [-0.1, -0.05) is 92.5 Å². The highest BCUT2D eigenvalue weighted by Crippen LogP contribution is 2.70. The van der Waals surface area contributed by atoms with Gasteiger partial charge < -0.3 is 5.32 Å². The summed E-state index contributed by atoms with van der Waals surface area (Å²) < 4.78 is 11.6. The first-order valence-corrected chi connectivity index (χ1v) is 12.0. The van der Waals surface area contributed by atoms with Gasteiger partial charge in [0.05, 0.1) is 10.4 Å². The van der Waals surface area contributed by atoms with Crippen molar-refractivity contribution in [2.45, 2.75) is 21.5 Å². The minimum absolute atomic E-state index is 0.291. The van der Waals surface area contributed by atoms with E-state index in [1.807, 2.05) is 36.4 Å². The first kappa shape index (κ1) is 21.4. The number of nitrogens with one attached hydrogen (secondary N) is 1. The lowest BCUT2D eigenvalue weighted by Crippen LogP contribution is -2.61. The first-order valence-electron chi connectivity index (χ1n) is 10.4. The van der Waals surface area contributed by atoms with Gasteiger partial charge in [0, 0.05) is 13.0 Å². The fourth-order valence-electron chi connectivity index (χ4n) is 5.21. The highest BCUT2D eigenvalue weighted by molar-refractivity contribution is 9.10. The summed E-state index contributed by atoms with van der Waals surface area (Å²) in [5.41, 5.74) is 3.56. The third kappa shape index (κ3) is 2.77. The van der Waals surface area contributed by atoms with Gasteiger partial charge in [0.25, 0.3) is 0 Å². The molecule has 0 spiro atoms. The molecule has 1 unspecified atom stereocenters. The van der Waals surface area contributed by atoms with E-state index >= 15 is 0 Å². The summed E-state index contributed by atoms with van der Waals surface area (Å²) in [7, 11) is 0. The van der Waals surface area contributed by atoms with Crippen LogP contribution in [0.5, 0.6) is 0 Å². The summed E-state index contributed by atoms with van der Waals surface area (Å²) in [6.45, 7) is 0.357. The number of nitrogens with zero attached hydrogens (tertiary/aromatic N) is 1. The summed E-state index contributed by atoms with van der Waals surface area (Å²) in [5, 5.41) is 13.5. The minimum Gasteiger partial charge on any atom is -0.354 e. The number of benzene rings is 3. The number of carbonyl (C=O) groups is 1. The molecule has 160 valence electrons. The van der Waals surface area contributed by atoms with Crippen molar-refractivity contribution in [2.75, 3.05) is 6.54 Å². The number of rotatable bonds is 4. The van der Waals surface area contributed by atoms with E-state index in [2.05, 4.69) is 55.4 Å². The second kappa shape index (κ2) is 7.54. The highest BCUT2D eigenvalue weighted by atomic mass is 79.9. The van der Waals surface area contributed by atoms with E-state index in [0.717, 1.165) is 27.8 Å². The Morgan fingerprint density at radius 3 is 2.00 bits per heavy atom. The standard InChI is InChI=1S/C26H19Br2FN2O/c27-25-15-24(16-30,23(32)31-14-13-17-9-11-18(29)12-10-17)26(28,21-7-3-1-5-19(21)25)22-8-4-2-6-20(22)25/h1-12H,13-15H2,(H,31,32). The molecule has 0 aromatic heterocycles. The molecule has 6 rings (SSSR count). The van der Waals surface area contributed by atoms with E-state index in [4.69, 9.17) is 0 Å². The predicted molar refractivity (Wildman–Crippen MR) is 128 cm³/mol. The van der Waals surface area contributed by atoms with Gasteiger partial charge in [-0.2, -0.15) is 5.26 Å². The van der Waals surface area contributed by atoms with Gasteiger partial charge >= 0.3 is 0 Å². The summed E-state index contributed by atoms with van der Waals surface area (Å²) in [4.78, 5) is 13.7. The Kier molecular flexibility index (Phi) is 5.03. The topological polar surface area (TPSA) is 52.9 Å². The minimum atomic E-state index is -1.36. The number of amides is 1. The molecule has 1 atom stereocenters. The van der Waals surface area contributed by atoms with Crippen molar-refractivity contribution >= 4 is 37.8 Å². The van der Waals surface area contributed by atoms with Crippen LogP contribution in [0.1, 0.15) is 34.2 Å². The number of hydrogen-bond acceptors (Lipinski definition) is 2. The van der Waals surface area contributed by atoms with E-state index < -0.39 is 14.1 Å². The third-order valence-electron chi connectivity index (χ3n) is 6.74. The van der Waals surface area contributed by atoms with Crippen LogP contribution >= 0.6 is 31.9 Å². The molecule has 3 aliphatic carbocycles. The van der Waals surface area contributed by atoms with Crippen molar-refractivity contribution in [3.63, 3.8) is 0 Å². The molecule has 1 amide bonds. The maximum Gasteiger partial charge on any atom is 0.242 e. The Balaban J connectivity index is 1.55. The fourth-order valence-corrected chi connectivity index (χ4v) is 7.42. The van der Waals surface area contributed by atoms with Crippen LogP contribution in [0.4, 0.5) is 4.39 Å². The molecule has 0 heterocycles. The van der Waals surface area contributed by atoms with Gasteiger partial charge in [0.2, 0.25) is 5.91 Å². The van der Waals surface area contributed by atoms with Gasteiger partial charge in [-0.15, -0.1) is 0 Å². The molecule has 0 aliphatic heterocycles. The van der Waals surface area contributed by atoms with Crippen molar-refractivity contribution in [2.24, 2.45) is 5.41 Å². The first-order chi connectivity index (χ1) is 15.4.